The first-order chi connectivity index (χ1) is 7.67. The summed E-state index contributed by atoms with van der Waals surface area (Å²) in [4.78, 5) is 11.2. The van der Waals surface area contributed by atoms with Gasteiger partial charge in [0.1, 0.15) is 0 Å². The minimum Gasteiger partial charge on any atom is -0.466 e. The molecular weight excluding hydrogens is 202 g/mol. The number of carbonyl (C=O) groups excluding carboxylic acids is 1. The van der Waals surface area contributed by atoms with Gasteiger partial charge < -0.3 is 10.5 Å². The van der Waals surface area contributed by atoms with Crippen molar-refractivity contribution in [2.45, 2.75) is 32.7 Å². The van der Waals surface area contributed by atoms with E-state index in [0.717, 1.165) is 12.0 Å². The number of hydrogen-bond acceptors (Lipinski definition) is 3. The van der Waals surface area contributed by atoms with Gasteiger partial charge in [0.25, 0.3) is 0 Å². The fraction of sp³-hybridized carbons (Fsp3) is 0.462. The van der Waals surface area contributed by atoms with Crippen molar-refractivity contribution in [2.24, 2.45) is 5.73 Å². The molecule has 0 saturated heterocycles. The summed E-state index contributed by atoms with van der Waals surface area (Å²) in [6.45, 7) is 4.30. The van der Waals surface area contributed by atoms with Crippen molar-refractivity contribution in [2.75, 3.05) is 6.61 Å². The molecule has 0 heterocycles. The number of nitrogens with two attached hydrogens (primary N) is 1. The van der Waals surface area contributed by atoms with Gasteiger partial charge in [-0.1, -0.05) is 31.2 Å². The zero-order chi connectivity index (χ0) is 12.0. The Morgan fingerprint density at radius 2 is 1.94 bits per heavy atom. The summed E-state index contributed by atoms with van der Waals surface area (Å²) in [6.07, 6.45) is 1.24. The standard InChI is InChI=1S/C13H19NO2/c1-3-10-5-7-11(8-6-10)12(14)9-13(15)16-4-2/h5-8,12H,3-4,9,14H2,1-2H3/t12-/m1/s1. The van der Waals surface area contributed by atoms with Gasteiger partial charge >= 0.3 is 5.97 Å². The molecule has 0 aliphatic rings. The van der Waals surface area contributed by atoms with E-state index in [1.165, 1.54) is 5.56 Å². The third-order valence-electron chi connectivity index (χ3n) is 2.51. The zero-order valence-corrected chi connectivity index (χ0v) is 9.90. The van der Waals surface area contributed by atoms with E-state index in [2.05, 4.69) is 6.92 Å². The van der Waals surface area contributed by atoms with Crippen molar-refractivity contribution >= 4 is 5.97 Å². The second-order valence-corrected chi connectivity index (χ2v) is 3.71. The lowest BCUT2D eigenvalue weighted by atomic mass is 10.0. The van der Waals surface area contributed by atoms with E-state index < -0.39 is 0 Å². The van der Waals surface area contributed by atoms with Crippen molar-refractivity contribution in [3.05, 3.63) is 35.4 Å². The second kappa shape index (κ2) is 6.28. The number of aryl methyl sites for hydroxylation is 1. The van der Waals surface area contributed by atoms with Crippen LogP contribution in [-0.2, 0) is 16.0 Å². The molecule has 2 N–H and O–H groups in total. The lowest BCUT2D eigenvalue weighted by Crippen LogP contribution is -2.17. The number of esters is 1. The minimum atomic E-state index is -0.273. The summed E-state index contributed by atoms with van der Waals surface area (Å²) in [5.41, 5.74) is 8.16. The predicted molar refractivity (Wildman–Crippen MR) is 64.0 cm³/mol. The number of hydrogen-bond donors (Lipinski definition) is 1. The molecule has 0 unspecified atom stereocenters. The number of carbonyl (C=O) groups is 1. The fourth-order valence-corrected chi connectivity index (χ4v) is 1.52. The molecular formula is C13H19NO2. The average Bonchev–Trinajstić information content (AvgIpc) is 2.29. The van der Waals surface area contributed by atoms with E-state index in [1.807, 2.05) is 24.3 Å². The van der Waals surface area contributed by atoms with Gasteiger partial charge in [-0.15, -0.1) is 0 Å². The van der Waals surface area contributed by atoms with Gasteiger partial charge in [-0.2, -0.15) is 0 Å². The highest BCUT2D eigenvalue weighted by Gasteiger charge is 2.11. The minimum absolute atomic E-state index is 0.235. The normalized spacial score (nSPS) is 12.2. The summed E-state index contributed by atoms with van der Waals surface area (Å²) >= 11 is 0. The van der Waals surface area contributed by atoms with Gasteiger partial charge in [0.05, 0.1) is 13.0 Å². The fourth-order valence-electron chi connectivity index (χ4n) is 1.52. The van der Waals surface area contributed by atoms with E-state index in [1.54, 1.807) is 6.92 Å². The first kappa shape index (κ1) is 12.7. The van der Waals surface area contributed by atoms with E-state index in [4.69, 9.17) is 10.5 Å². The SMILES string of the molecule is CCOC(=O)C[C@@H](N)c1ccc(CC)cc1. The average molecular weight is 221 g/mol. The number of ether oxygens (including phenoxy) is 1. The Kier molecular flexibility index (Phi) is 4.99. The van der Waals surface area contributed by atoms with E-state index >= 15 is 0 Å². The summed E-state index contributed by atoms with van der Waals surface area (Å²) in [7, 11) is 0. The molecule has 88 valence electrons. The van der Waals surface area contributed by atoms with Gasteiger partial charge in [-0.25, -0.2) is 0 Å². The quantitative estimate of drug-likeness (QED) is 0.775. The molecule has 3 heteroatoms. The number of benzene rings is 1. The summed E-state index contributed by atoms with van der Waals surface area (Å²) < 4.78 is 4.86. The van der Waals surface area contributed by atoms with Gasteiger partial charge in [0.15, 0.2) is 0 Å². The lowest BCUT2D eigenvalue weighted by molar-refractivity contribution is -0.143. The van der Waals surface area contributed by atoms with Crippen molar-refractivity contribution in [3.8, 4) is 0 Å². The molecule has 0 bridgehead atoms. The largest absolute Gasteiger partial charge is 0.466 e. The van der Waals surface area contributed by atoms with Crippen LogP contribution < -0.4 is 5.73 Å². The van der Waals surface area contributed by atoms with Gasteiger partial charge in [-0.3, -0.25) is 4.79 Å². The summed E-state index contributed by atoms with van der Waals surface area (Å²) in [6, 6.07) is 7.76. The van der Waals surface area contributed by atoms with Crippen LogP contribution in [-0.4, -0.2) is 12.6 Å². The summed E-state index contributed by atoms with van der Waals surface area (Å²) in [5, 5.41) is 0. The van der Waals surface area contributed by atoms with Crippen LogP contribution in [0.25, 0.3) is 0 Å². The Morgan fingerprint density at radius 1 is 1.31 bits per heavy atom. The van der Waals surface area contributed by atoms with Crippen LogP contribution in [0.2, 0.25) is 0 Å². The first-order valence-electron chi connectivity index (χ1n) is 5.67. The topological polar surface area (TPSA) is 52.3 Å². The van der Waals surface area contributed by atoms with Crippen LogP contribution in [0.5, 0.6) is 0 Å². The molecule has 0 saturated carbocycles. The van der Waals surface area contributed by atoms with Crippen LogP contribution >= 0.6 is 0 Å². The van der Waals surface area contributed by atoms with E-state index in [0.29, 0.717) is 6.61 Å². The molecule has 1 atom stereocenters. The molecule has 0 fully saturated rings. The van der Waals surface area contributed by atoms with Crippen molar-refractivity contribution in [3.63, 3.8) is 0 Å². The zero-order valence-electron chi connectivity index (χ0n) is 9.90. The highest BCUT2D eigenvalue weighted by Crippen LogP contribution is 2.15. The maximum Gasteiger partial charge on any atom is 0.307 e. The molecule has 0 aliphatic carbocycles. The molecule has 1 rings (SSSR count). The molecule has 1 aromatic carbocycles. The molecule has 0 amide bonds. The highest BCUT2D eigenvalue weighted by molar-refractivity contribution is 5.70. The molecule has 0 aliphatic heterocycles. The molecule has 0 spiro atoms. The third-order valence-corrected chi connectivity index (χ3v) is 2.51. The van der Waals surface area contributed by atoms with Crippen LogP contribution in [0, 0.1) is 0 Å². The van der Waals surface area contributed by atoms with Gasteiger partial charge in [-0.05, 0) is 24.5 Å². The Balaban J connectivity index is 2.58. The number of rotatable bonds is 5. The molecule has 3 nitrogen and oxygen atoms in total. The Labute approximate surface area is 96.6 Å². The monoisotopic (exact) mass is 221 g/mol. The first-order valence-corrected chi connectivity index (χ1v) is 5.67. The Hall–Kier alpha value is -1.35. The van der Waals surface area contributed by atoms with Crippen molar-refractivity contribution in [1.82, 2.24) is 0 Å². The lowest BCUT2D eigenvalue weighted by Gasteiger charge is -2.11. The van der Waals surface area contributed by atoms with E-state index in [9.17, 15) is 4.79 Å². The highest BCUT2D eigenvalue weighted by atomic mass is 16.5. The van der Waals surface area contributed by atoms with Crippen molar-refractivity contribution < 1.29 is 9.53 Å². The Morgan fingerprint density at radius 3 is 2.44 bits per heavy atom. The maximum atomic E-state index is 11.2. The van der Waals surface area contributed by atoms with Crippen molar-refractivity contribution in [1.29, 1.82) is 0 Å². The van der Waals surface area contributed by atoms with Crippen LogP contribution in [0.1, 0.15) is 37.4 Å². The predicted octanol–water partition coefficient (Wildman–Crippen LogP) is 2.20. The van der Waals surface area contributed by atoms with Gasteiger partial charge in [0.2, 0.25) is 0 Å². The second-order valence-electron chi connectivity index (χ2n) is 3.71. The summed E-state index contributed by atoms with van der Waals surface area (Å²) in [5.74, 6) is -0.241. The van der Waals surface area contributed by atoms with Gasteiger partial charge in [0, 0.05) is 6.04 Å². The van der Waals surface area contributed by atoms with Crippen LogP contribution in [0.3, 0.4) is 0 Å². The molecule has 16 heavy (non-hydrogen) atoms. The van der Waals surface area contributed by atoms with Crippen LogP contribution in [0.15, 0.2) is 24.3 Å². The third kappa shape index (κ3) is 3.66. The smallest absolute Gasteiger partial charge is 0.307 e. The Bertz CT molecular complexity index is 332. The molecule has 0 aromatic heterocycles. The molecule has 1 aromatic rings. The van der Waals surface area contributed by atoms with Crippen LogP contribution in [0.4, 0.5) is 0 Å². The molecule has 0 radical (unpaired) electrons. The van der Waals surface area contributed by atoms with E-state index in [-0.39, 0.29) is 18.4 Å². The maximum absolute atomic E-state index is 11.2.